The number of rotatable bonds is 6. The number of hydrogen-bond acceptors (Lipinski definition) is 8. The van der Waals surface area contributed by atoms with Gasteiger partial charge in [-0.05, 0) is 98.5 Å². The summed E-state index contributed by atoms with van der Waals surface area (Å²) in [5.41, 5.74) is 5.70. The summed E-state index contributed by atoms with van der Waals surface area (Å²) in [5, 5.41) is 44.3. The van der Waals surface area contributed by atoms with E-state index in [1.165, 1.54) is 0 Å². The molecule has 0 saturated carbocycles. The molecule has 8 rings (SSSR count). The van der Waals surface area contributed by atoms with Gasteiger partial charge >= 0.3 is 0 Å². The zero-order valence-electron chi connectivity index (χ0n) is 26.6. The van der Waals surface area contributed by atoms with Crippen molar-refractivity contribution in [2.75, 3.05) is 0 Å². The van der Waals surface area contributed by atoms with Gasteiger partial charge in [0.1, 0.15) is 45.1 Å². The Labute approximate surface area is 296 Å². The second-order valence-corrected chi connectivity index (χ2v) is 12.6. The molecule has 10 heteroatoms. The van der Waals surface area contributed by atoms with Crippen LogP contribution in [0.25, 0.3) is 43.6 Å². The number of fused-ring (bicyclic) bond motifs is 4. The zero-order valence-corrected chi connectivity index (χ0v) is 28.1. The Kier molecular flexibility index (Phi) is 9.21. The van der Waals surface area contributed by atoms with E-state index in [4.69, 9.17) is 23.2 Å². The Morgan fingerprint density at radius 3 is 1.10 bits per heavy atom. The number of hydrogen-bond donors (Lipinski definition) is 4. The Bertz CT molecular complexity index is 2370. The van der Waals surface area contributed by atoms with Crippen molar-refractivity contribution in [1.82, 2.24) is 19.9 Å². The number of phenolic OH excluding ortho intramolecular Hbond substituents is 4. The van der Waals surface area contributed by atoms with E-state index in [1.54, 1.807) is 36.4 Å². The highest BCUT2D eigenvalue weighted by Gasteiger charge is 2.10. The molecule has 0 amide bonds. The van der Waals surface area contributed by atoms with E-state index in [1.807, 2.05) is 72.8 Å². The van der Waals surface area contributed by atoms with Gasteiger partial charge in [0.2, 0.25) is 0 Å². The average molecular weight is 702 g/mol. The van der Waals surface area contributed by atoms with Gasteiger partial charge in [0.25, 0.3) is 0 Å². The Balaban J connectivity index is 0.000000157. The molecule has 0 spiro atoms. The fourth-order valence-electron chi connectivity index (χ4n) is 5.83. The maximum Gasteiger partial charge on any atom is 0.141 e. The molecule has 4 aromatic heterocycles. The van der Waals surface area contributed by atoms with Gasteiger partial charge in [0.15, 0.2) is 0 Å². The number of phenols is 4. The molecule has 8 nitrogen and oxygen atoms in total. The molecule has 0 saturated heterocycles. The van der Waals surface area contributed by atoms with Gasteiger partial charge in [0.05, 0.1) is 10.0 Å². The third-order valence-electron chi connectivity index (χ3n) is 8.47. The standard InChI is InChI=1S/C20H14Cl2N2O2.C20H16N2O2/c21-15-7-9-17(25)19-13(15)5-3-11(23-19)1-2-12-4-6-14-16(22)8-10-18(26)20(14)24-12;23-17-5-1-3-13-7-9-15(21-19(13)17)11-12-16-10-8-14-4-2-6-18(24)20(14)22-16/h3-10,25-26H,1-2H2;1-10,23-24H,11-12H2. The number of aryl methyl sites for hydroxylation is 4. The maximum atomic E-state index is 10.0. The largest absolute Gasteiger partial charge is 0.506 e. The van der Waals surface area contributed by atoms with Crippen molar-refractivity contribution in [2.24, 2.45) is 0 Å². The van der Waals surface area contributed by atoms with Crippen molar-refractivity contribution in [2.45, 2.75) is 25.7 Å². The van der Waals surface area contributed by atoms with Crippen molar-refractivity contribution < 1.29 is 20.4 Å². The lowest BCUT2D eigenvalue weighted by Gasteiger charge is -2.07. The summed E-state index contributed by atoms with van der Waals surface area (Å²) in [4.78, 5) is 18.1. The second kappa shape index (κ2) is 14.0. The lowest BCUT2D eigenvalue weighted by molar-refractivity contribution is 0.479. The van der Waals surface area contributed by atoms with Crippen LogP contribution in [0.4, 0.5) is 0 Å². The van der Waals surface area contributed by atoms with Crippen molar-refractivity contribution in [1.29, 1.82) is 0 Å². The molecular weight excluding hydrogens is 671 g/mol. The molecule has 4 heterocycles. The monoisotopic (exact) mass is 700 g/mol. The SMILES string of the molecule is Oc1ccc(Cl)c2ccc(CCc3ccc4c(Cl)ccc(O)c4n3)nc12.Oc1cccc2ccc(CCc3ccc4cccc(O)c4n3)nc12. The highest BCUT2D eigenvalue weighted by Crippen LogP contribution is 2.31. The van der Waals surface area contributed by atoms with E-state index in [0.29, 0.717) is 45.0 Å². The van der Waals surface area contributed by atoms with E-state index in [-0.39, 0.29) is 23.0 Å². The van der Waals surface area contributed by atoms with Crippen LogP contribution in [0.1, 0.15) is 22.8 Å². The van der Waals surface area contributed by atoms with Crippen LogP contribution in [0.3, 0.4) is 0 Å². The molecule has 8 aromatic rings. The van der Waals surface area contributed by atoms with Gasteiger partial charge in [-0.3, -0.25) is 0 Å². The molecule has 0 aliphatic carbocycles. The minimum atomic E-state index is 0.106. The smallest absolute Gasteiger partial charge is 0.141 e. The highest BCUT2D eigenvalue weighted by atomic mass is 35.5. The third-order valence-corrected chi connectivity index (χ3v) is 9.13. The Hall–Kier alpha value is -5.70. The van der Waals surface area contributed by atoms with Crippen LogP contribution in [-0.2, 0) is 25.7 Å². The predicted octanol–water partition coefficient (Wildman–Crippen LogP) is 9.27. The summed E-state index contributed by atoms with van der Waals surface area (Å²) in [6.45, 7) is 0. The van der Waals surface area contributed by atoms with Crippen LogP contribution in [0.2, 0.25) is 10.0 Å². The van der Waals surface area contributed by atoms with Crippen LogP contribution in [0, 0.1) is 0 Å². The van der Waals surface area contributed by atoms with E-state index >= 15 is 0 Å². The zero-order chi connectivity index (χ0) is 34.8. The summed E-state index contributed by atoms with van der Waals surface area (Å²) in [5.74, 6) is 0.607. The van der Waals surface area contributed by atoms with Crippen LogP contribution in [-0.4, -0.2) is 40.4 Å². The Morgan fingerprint density at radius 2 is 0.700 bits per heavy atom. The van der Waals surface area contributed by atoms with Crippen molar-refractivity contribution in [3.63, 3.8) is 0 Å². The van der Waals surface area contributed by atoms with E-state index in [2.05, 4.69) is 19.9 Å². The average Bonchev–Trinajstić information content (AvgIpc) is 3.14. The lowest BCUT2D eigenvalue weighted by atomic mass is 10.1. The molecule has 0 atom stereocenters. The van der Waals surface area contributed by atoms with E-state index in [9.17, 15) is 20.4 Å². The van der Waals surface area contributed by atoms with Gasteiger partial charge in [-0.15, -0.1) is 0 Å². The van der Waals surface area contributed by atoms with Crippen LogP contribution in [0.5, 0.6) is 23.0 Å². The van der Waals surface area contributed by atoms with E-state index in [0.717, 1.165) is 57.2 Å². The molecular formula is C40H30Cl2N4O4. The Morgan fingerprint density at radius 1 is 0.360 bits per heavy atom. The number of halogens is 2. The summed E-state index contributed by atoms with van der Waals surface area (Å²) >= 11 is 12.3. The topological polar surface area (TPSA) is 132 Å². The predicted molar refractivity (Wildman–Crippen MR) is 198 cm³/mol. The van der Waals surface area contributed by atoms with Crippen molar-refractivity contribution >= 4 is 66.8 Å². The first-order valence-electron chi connectivity index (χ1n) is 15.9. The fourth-order valence-corrected chi connectivity index (χ4v) is 6.26. The van der Waals surface area contributed by atoms with Crippen molar-refractivity contribution in [3.8, 4) is 23.0 Å². The molecule has 0 fully saturated rings. The molecule has 0 bridgehead atoms. The third kappa shape index (κ3) is 6.89. The number of aromatic hydroxyl groups is 4. The molecule has 4 aromatic carbocycles. The van der Waals surface area contributed by atoms with Crippen LogP contribution in [0.15, 0.2) is 109 Å². The van der Waals surface area contributed by atoms with Crippen LogP contribution >= 0.6 is 23.2 Å². The number of para-hydroxylation sites is 2. The molecule has 4 N–H and O–H groups in total. The van der Waals surface area contributed by atoms with Gasteiger partial charge in [-0.1, -0.05) is 59.6 Å². The minimum Gasteiger partial charge on any atom is -0.506 e. The van der Waals surface area contributed by atoms with Crippen molar-refractivity contribution in [3.05, 3.63) is 142 Å². The fraction of sp³-hybridized carbons (Fsp3) is 0.100. The van der Waals surface area contributed by atoms with Gasteiger partial charge in [-0.25, -0.2) is 19.9 Å². The number of benzene rings is 4. The van der Waals surface area contributed by atoms with Gasteiger partial charge < -0.3 is 20.4 Å². The van der Waals surface area contributed by atoms with Gasteiger partial charge in [-0.2, -0.15) is 0 Å². The molecule has 0 aliphatic heterocycles. The van der Waals surface area contributed by atoms with Gasteiger partial charge in [0, 0.05) is 44.3 Å². The second-order valence-electron chi connectivity index (χ2n) is 11.8. The normalized spacial score (nSPS) is 11.2. The lowest BCUT2D eigenvalue weighted by Crippen LogP contribution is -1.98. The first kappa shape index (κ1) is 32.8. The van der Waals surface area contributed by atoms with E-state index < -0.39 is 0 Å². The molecule has 0 unspecified atom stereocenters. The first-order valence-corrected chi connectivity index (χ1v) is 16.7. The summed E-state index contributed by atoms with van der Waals surface area (Å²) < 4.78 is 0. The number of pyridine rings is 4. The molecule has 0 aliphatic rings. The molecule has 50 heavy (non-hydrogen) atoms. The van der Waals surface area contributed by atoms with Crippen LogP contribution < -0.4 is 0 Å². The quantitative estimate of drug-likeness (QED) is 0.135. The minimum absolute atomic E-state index is 0.106. The summed E-state index contributed by atoms with van der Waals surface area (Å²) in [7, 11) is 0. The summed E-state index contributed by atoms with van der Waals surface area (Å²) in [6, 6.07) is 32.5. The number of aromatic nitrogens is 4. The number of nitrogens with zero attached hydrogens (tertiary/aromatic N) is 4. The summed E-state index contributed by atoms with van der Waals surface area (Å²) in [6.07, 6.45) is 2.72. The first-order chi connectivity index (χ1) is 24.2. The molecule has 0 radical (unpaired) electrons. The highest BCUT2D eigenvalue weighted by molar-refractivity contribution is 6.36. The maximum absolute atomic E-state index is 10.0. The molecule has 248 valence electrons.